The van der Waals surface area contributed by atoms with Crippen LogP contribution >= 0.6 is 0 Å². The summed E-state index contributed by atoms with van der Waals surface area (Å²) < 4.78 is 0. The Balaban J connectivity index is 2.42. The Morgan fingerprint density at radius 2 is 1.83 bits per heavy atom. The Kier molecular flexibility index (Phi) is 5.32. The molecule has 0 aromatic heterocycles. The van der Waals surface area contributed by atoms with Gasteiger partial charge in [0.25, 0.3) is 0 Å². The van der Waals surface area contributed by atoms with Crippen molar-refractivity contribution in [2.45, 2.75) is 32.4 Å². The van der Waals surface area contributed by atoms with E-state index in [1.165, 1.54) is 5.56 Å². The molecule has 2 unspecified atom stereocenters. The molecule has 1 aromatic carbocycles. The molecule has 0 heterocycles. The third-order valence-electron chi connectivity index (χ3n) is 2.56. The maximum Gasteiger partial charge on any atom is 0.318 e. The number of rotatable bonds is 5. The van der Waals surface area contributed by atoms with Crippen molar-refractivity contribution < 1.29 is 9.59 Å². The van der Waals surface area contributed by atoms with E-state index in [-0.39, 0.29) is 6.04 Å². The van der Waals surface area contributed by atoms with Crippen molar-refractivity contribution in [2.24, 2.45) is 5.73 Å². The summed E-state index contributed by atoms with van der Waals surface area (Å²) in [4.78, 5) is 22.0. The third-order valence-corrected chi connectivity index (χ3v) is 2.56. The second-order valence-electron chi connectivity index (χ2n) is 4.33. The molecule has 0 spiro atoms. The minimum absolute atomic E-state index is 0.126. The number of carbonyl (C=O) groups excluding carboxylic acids is 2. The first-order chi connectivity index (χ1) is 8.49. The van der Waals surface area contributed by atoms with Gasteiger partial charge in [-0.15, -0.1) is 0 Å². The van der Waals surface area contributed by atoms with E-state index < -0.39 is 18.0 Å². The van der Waals surface area contributed by atoms with E-state index in [0.29, 0.717) is 0 Å². The SMILES string of the molecule is CC(Cc1ccccc1)NC(C)C(=O)NC(N)=O. The summed E-state index contributed by atoms with van der Waals surface area (Å²) in [6, 6.07) is 8.82. The van der Waals surface area contributed by atoms with Gasteiger partial charge in [0.15, 0.2) is 0 Å². The zero-order valence-corrected chi connectivity index (χ0v) is 10.6. The number of nitrogens with one attached hydrogen (secondary N) is 2. The van der Waals surface area contributed by atoms with Crippen LogP contribution in [0.25, 0.3) is 0 Å². The minimum atomic E-state index is -0.829. The van der Waals surface area contributed by atoms with Crippen LogP contribution in [0.1, 0.15) is 19.4 Å². The van der Waals surface area contributed by atoms with E-state index in [9.17, 15) is 9.59 Å². The van der Waals surface area contributed by atoms with Crippen LogP contribution in [0.3, 0.4) is 0 Å². The molecule has 2 atom stereocenters. The summed E-state index contributed by atoms with van der Waals surface area (Å²) in [6.07, 6.45) is 0.815. The van der Waals surface area contributed by atoms with E-state index >= 15 is 0 Å². The number of imide groups is 1. The summed E-state index contributed by atoms with van der Waals surface area (Å²) >= 11 is 0. The van der Waals surface area contributed by atoms with Gasteiger partial charge in [0.2, 0.25) is 5.91 Å². The molecule has 0 saturated carbocycles. The van der Waals surface area contributed by atoms with Crippen LogP contribution in [0.4, 0.5) is 4.79 Å². The molecule has 4 N–H and O–H groups in total. The molecular formula is C13H19N3O2. The van der Waals surface area contributed by atoms with Crippen molar-refractivity contribution in [3.8, 4) is 0 Å². The second-order valence-corrected chi connectivity index (χ2v) is 4.33. The van der Waals surface area contributed by atoms with Crippen LogP contribution in [-0.2, 0) is 11.2 Å². The highest BCUT2D eigenvalue weighted by Crippen LogP contribution is 2.03. The van der Waals surface area contributed by atoms with Crippen molar-refractivity contribution in [3.05, 3.63) is 35.9 Å². The number of carbonyl (C=O) groups is 2. The van der Waals surface area contributed by atoms with Gasteiger partial charge < -0.3 is 11.1 Å². The normalized spacial score (nSPS) is 13.7. The molecule has 5 heteroatoms. The van der Waals surface area contributed by atoms with Gasteiger partial charge in [-0.05, 0) is 25.8 Å². The fourth-order valence-electron chi connectivity index (χ4n) is 1.76. The number of hydrogen-bond donors (Lipinski definition) is 3. The molecule has 98 valence electrons. The number of nitrogens with two attached hydrogens (primary N) is 1. The summed E-state index contributed by atoms with van der Waals surface area (Å²) in [5, 5.41) is 5.16. The number of benzene rings is 1. The van der Waals surface area contributed by atoms with Gasteiger partial charge in [0.1, 0.15) is 0 Å². The molecule has 1 rings (SSSR count). The van der Waals surface area contributed by atoms with Gasteiger partial charge in [-0.25, -0.2) is 4.79 Å². The highest BCUT2D eigenvalue weighted by Gasteiger charge is 2.16. The van der Waals surface area contributed by atoms with Crippen LogP contribution in [-0.4, -0.2) is 24.0 Å². The van der Waals surface area contributed by atoms with Gasteiger partial charge in [-0.2, -0.15) is 0 Å². The molecule has 18 heavy (non-hydrogen) atoms. The number of primary amides is 1. The molecule has 1 aromatic rings. The lowest BCUT2D eigenvalue weighted by Crippen LogP contribution is -2.49. The van der Waals surface area contributed by atoms with E-state index in [1.54, 1.807) is 6.92 Å². The number of amides is 3. The molecule has 0 aliphatic heterocycles. The standard InChI is InChI=1S/C13H19N3O2/c1-9(8-11-6-4-3-5-7-11)15-10(2)12(17)16-13(14)18/h3-7,9-10,15H,8H2,1-2H3,(H3,14,16,17,18). The largest absolute Gasteiger partial charge is 0.351 e. The van der Waals surface area contributed by atoms with Crippen LogP contribution in [0.5, 0.6) is 0 Å². The molecule has 0 saturated heterocycles. The van der Waals surface area contributed by atoms with Gasteiger partial charge in [-0.3, -0.25) is 10.1 Å². The van der Waals surface area contributed by atoms with Gasteiger partial charge in [-0.1, -0.05) is 30.3 Å². The zero-order chi connectivity index (χ0) is 13.5. The van der Waals surface area contributed by atoms with E-state index in [0.717, 1.165) is 6.42 Å². The molecule has 5 nitrogen and oxygen atoms in total. The Morgan fingerprint density at radius 3 is 2.39 bits per heavy atom. The molecular weight excluding hydrogens is 230 g/mol. The average molecular weight is 249 g/mol. The lowest BCUT2D eigenvalue weighted by molar-refractivity contribution is -0.121. The number of hydrogen-bond acceptors (Lipinski definition) is 3. The smallest absolute Gasteiger partial charge is 0.318 e. The minimum Gasteiger partial charge on any atom is -0.351 e. The predicted molar refractivity (Wildman–Crippen MR) is 69.9 cm³/mol. The van der Waals surface area contributed by atoms with Gasteiger partial charge in [0.05, 0.1) is 6.04 Å². The Labute approximate surface area is 107 Å². The first-order valence-electron chi connectivity index (χ1n) is 5.89. The topological polar surface area (TPSA) is 84.2 Å². The Hall–Kier alpha value is -1.88. The van der Waals surface area contributed by atoms with Crippen LogP contribution in [0, 0.1) is 0 Å². The van der Waals surface area contributed by atoms with Crippen LogP contribution in [0.2, 0.25) is 0 Å². The molecule has 0 fully saturated rings. The quantitative estimate of drug-likeness (QED) is 0.721. The summed E-state index contributed by atoms with van der Waals surface area (Å²) in [6.45, 7) is 3.68. The van der Waals surface area contributed by atoms with Gasteiger partial charge >= 0.3 is 6.03 Å². The monoisotopic (exact) mass is 249 g/mol. The van der Waals surface area contributed by atoms with Crippen molar-refractivity contribution in [2.75, 3.05) is 0 Å². The maximum atomic E-state index is 11.5. The van der Waals surface area contributed by atoms with Crippen molar-refractivity contribution in [3.63, 3.8) is 0 Å². The fourth-order valence-corrected chi connectivity index (χ4v) is 1.76. The lowest BCUT2D eigenvalue weighted by Gasteiger charge is -2.19. The van der Waals surface area contributed by atoms with Crippen molar-refractivity contribution in [1.82, 2.24) is 10.6 Å². The van der Waals surface area contributed by atoms with E-state index in [4.69, 9.17) is 5.73 Å². The molecule has 0 aliphatic carbocycles. The van der Waals surface area contributed by atoms with Crippen LogP contribution < -0.4 is 16.4 Å². The number of urea groups is 1. The molecule has 0 aliphatic rings. The highest BCUT2D eigenvalue weighted by molar-refractivity contribution is 5.96. The third kappa shape index (κ3) is 4.97. The molecule has 0 radical (unpaired) electrons. The molecule has 3 amide bonds. The summed E-state index contributed by atoms with van der Waals surface area (Å²) in [5.41, 5.74) is 6.08. The first-order valence-corrected chi connectivity index (χ1v) is 5.89. The lowest BCUT2D eigenvalue weighted by atomic mass is 10.1. The van der Waals surface area contributed by atoms with Crippen LogP contribution in [0.15, 0.2) is 30.3 Å². The maximum absolute atomic E-state index is 11.5. The van der Waals surface area contributed by atoms with Crippen molar-refractivity contribution >= 4 is 11.9 Å². The Morgan fingerprint density at radius 1 is 1.22 bits per heavy atom. The molecule has 0 bridgehead atoms. The first kappa shape index (κ1) is 14.2. The fraction of sp³-hybridized carbons (Fsp3) is 0.385. The van der Waals surface area contributed by atoms with Gasteiger partial charge in [0, 0.05) is 6.04 Å². The Bertz CT molecular complexity index is 406. The van der Waals surface area contributed by atoms with Crippen molar-refractivity contribution in [1.29, 1.82) is 0 Å². The van der Waals surface area contributed by atoms with E-state index in [2.05, 4.69) is 5.32 Å². The second kappa shape index (κ2) is 6.76. The highest BCUT2D eigenvalue weighted by atomic mass is 16.2. The average Bonchev–Trinajstić information content (AvgIpc) is 2.29. The van der Waals surface area contributed by atoms with E-state index in [1.807, 2.05) is 42.6 Å². The summed E-state index contributed by atoms with van der Waals surface area (Å²) in [5.74, 6) is -0.414. The zero-order valence-electron chi connectivity index (χ0n) is 10.6. The summed E-state index contributed by atoms with van der Waals surface area (Å²) in [7, 11) is 0. The predicted octanol–water partition coefficient (Wildman–Crippen LogP) is 0.791.